The van der Waals surface area contributed by atoms with Crippen LogP contribution in [0.3, 0.4) is 0 Å². The van der Waals surface area contributed by atoms with Crippen molar-refractivity contribution in [2.45, 2.75) is 31.9 Å². The Bertz CT molecular complexity index is 79.0. The van der Waals surface area contributed by atoms with Crippen molar-refractivity contribution in [3.8, 4) is 0 Å². The molecule has 0 bridgehead atoms. The first-order valence-electron chi connectivity index (χ1n) is 3.63. The van der Waals surface area contributed by atoms with E-state index in [9.17, 15) is 0 Å². The molecule has 0 aromatic heterocycles. The molecule has 0 amide bonds. The summed E-state index contributed by atoms with van der Waals surface area (Å²) >= 11 is 0. The summed E-state index contributed by atoms with van der Waals surface area (Å²) < 4.78 is 5.01. The number of hydrogen-bond donors (Lipinski definition) is 1. The van der Waals surface area contributed by atoms with Crippen LogP contribution in [0.4, 0.5) is 0 Å². The van der Waals surface area contributed by atoms with E-state index in [0.717, 1.165) is 0 Å². The molecule has 0 spiro atoms. The van der Waals surface area contributed by atoms with Crippen LogP contribution in [-0.2, 0) is 4.74 Å². The zero-order valence-corrected chi connectivity index (χ0v) is 5.97. The maximum atomic E-state index is 5.66. The normalized spacial score (nSPS) is 24.7. The van der Waals surface area contributed by atoms with Crippen LogP contribution in [0.25, 0.3) is 0 Å². The fourth-order valence-corrected chi connectivity index (χ4v) is 1.48. The summed E-state index contributed by atoms with van der Waals surface area (Å²) in [4.78, 5) is 0. The minimum absolute atomic E-state index is 0.00694. The van der Waals surface area contributed by atoms with Crippen molar-refractivity contribution < 1.29 is 4.74 Å². The van der Waals surface area contributed by atoms with E-state index in [4.69, 9.17) is 10.5 Å². The summed E-state index contributed by atoms with van der Waals surface area (Å²) in [5, 5.41) is 0. The van der Waals surface area contributed by atoms with Gasteiger partial charge in [-0.15, -0.1) is 0 Å². The number of methoxy groups -OCH3 is 1. The lowest BCUT2D eigenvalue weighted by molar-refractivity contribution is 0.0596. The molecule has 1 unspecified atom stereocenters. The molecule has 2 N–H and O–H groups in total. The lowest BCUT2D eigenvalue weighted by Crippen LogP contribution is -2.29. The molecule has 1 fully saturated rings. The molecule has 0 aliphatic heterocycles. The van der Waals surface area contributed by atoms with Gasteiger partial charge in [0.25, 0.3) is 0 Å². The van der Waals surface area contributed by atoms with Gasteiger partial charge in [-0.2, -0.15) is 0 Å². The zero-order valence-electron chi connectivity index (χ0n) is 5.97. The van der Waals surface area contributed by atoms with Crippen LogP contribution in [0.2, 0.25) is 0 Å². The Morgan fingerprint density at radius 2 is 2.00 bits per heavy atom. The summed E-state index contributed by atoms with van der Waals surface area (Å²) in [6, 6.07) is 0. The Morgan fingerprint density at radius 3 is 2.44 bits per heavy atom. The van der Waals surface area contributed by atoms with Gasteiger partial charge in [-0.25, -0.2) is 0 Å². The van der Waals surface area contributed by atoms with E-state index in [1.165, 1.54) is 25.7 Å². The second kappa shape index (κ2) is 3.18. The SMILES string of the molecule is COC(N)C1CCCC1. The van der Waals surface area contributed by atoms with Crippen molar-refractivity contribution >= 4 is 0 Å². The molecule has 2 nitrogen and oxygen atoms in total. The van der Waals surface area contributed by atoms with Gasteiger partial charge in [0.15, 0.2) is 0 Å². The highest BCUT2D eigenvalue weighted by Gasteiger charge is 2.20. The largest absolute Gasteiger partial charge is 0.367 e. The molecule has 1 atom stereocenters. The van der Waals surface area contributed by atoms with Crippen molar-refractivity contribution in [2.24, 2.45) is 11.7 Å². The van der Waals surface area contributed by atoms with Crippen molar-refractivity contribution in [1.29, 1.82) is 0 Å². The van der Waals surface area contributed by atoms with Gasteiger partial charge in [0.05, 0.1) is 0 Å². The second-order valence-corrected chi connectivity index (χ2v) is 2.74. The van der Waals surface area contributed by atoms with E-state index in [1.54, 1.807) is 7.11 Å². The zero-order chi connectivity index (χ0) is 6.69. The fraction of sp³-hybridized carbons (Fsp3) is 1.00. The molecule has 0 heterocycles. The number of rotatable bonds is 2. The average molecular weight is 129 g/mol. The highest BCUT2D eigenvalue weighted by molar-refractivity contribution is 4.71. The fourth-order valence-electron chi connectivity index (χ4n) is 1.48. The monoisotopic (exact) mass is 129 g/mol. The van der Waals surface area contributed by atoms with Crippen LogP contribution < -0.4 is 5.73 Å². The molecule has 0 aromatic carbocycles. The van der Waals surface area contributed by atoms with Crippen LogP contribution in [0.5, 0.6) is 0 Å². The molecule has 0 radical (unpaired) electrons. The summed E-state index contributed by atoms with van der Waals surface area (Å²) in [7, 11) is 1.68. The Kier molecular flexibility index (Phi) is 2.49. The van der Waals surface area contributed by atoms with Gasteiger partial charge in [0.1, 0.15) is 6.23 Å². The molecule has 2 heteroatoms. The molecule has 1 saturated carbocycles. The molecule has 9 heavy (non-hydrogen) atoms. The van der Waals surface area contributed by atoms with Crippen molar-refractivity contribution in [3.63, 3.8) is 0 Å². The van der Waals surface area contributed by atoms with Crippen molar-refractivity contribution in [2.75, 3.05) is 7.11 Å². The lowest BCUT2D eigenvalue weighted by Gasteiger charge is -2.15. The smallest absolute Gasteiger partial charge is 0.108 e. The quantitative estimate of drug-likeness (QED) is 0.567. The first-order chi connectivity index (χ1) is 4.34. The van der Waals surface area contributed by atoms with Gasteiger partial charge in [0, 0.05) is 7.11 Å². The lowest BCUT2D eigenvalue weighted by atomic mass is 10.1. The Hall–Kier alpha value is -0.0800. The van der Waals surface area contributed by atoms with Crippen LogP contribution in [0.15, 0.2) is 0 Å². The van der Waals surface area contributed by atoms with Crippen LogP contribution >= 0.6 is 0 Å². The minimum Gasteiger partial charge on any atom is -0.367 e. The first-order valence-corrected chi connectivity index (χ1v) is 3.63. The predicted octanol–water partition coefficient (Wildman–Crippen LogP) is 1.11. The number of nitrogens with two attached hydrogens (primary N) is 1. The summed E-state index contributed by atoms with van der Waals surface area (Å²) in [6.07, 6.45) is 5.18. The first kappa shape index (κ1) is 7.03. The summed E-state index contributed by atoms with van der Waals surface area (Å²) in [5.74, 6) is 0.634. The predicted molar refractivity (Wildman–Crippen MR) is 36.9 cm³/mol. The van der Waals surface area contributed by atoms with Gasteiger partial charge < -0.3 is 10.5 Å². The number of ether oxygens (including phenoxy) is 1. The molecule has 0 aromatic rings. The van der Waals surface area contributed by atoms with Gasteiger partial charge in [-0.1, -0.05) is 12.8 Å². The van der Waals surface area contributed by atoms with Crippen molar-refractivity contribution in [1.82, 2.24) is 0 Å². The van der Waals surface area contributed by atoms with Gasteiger partial charge in [0.2, 0.25) is 0 Å². The molecule has 1 aliphatic carbocycles. The Labute approximate surface area is 56.4 Å². The highest BCUT2D eigenvalue weighted by atomic mass is 16.5. The maximum Gasteiger partial charge on any atom is 0.108 e. The average Bonchev–Trinajstić information content (AvgIpc) is 2.37. The van der Waals surface area contributed by atoms with Crippen LogP contribution in [-0.4, -0.2) is 13.3 Å². The third-order valence-corrected chi connectivity index (χ3v) is 2.14. The Morgan fingerprint density at radius 1 is 1.44 bits per heavy atom. The van der Waals surface area contributed by atoms with E-state index in [-0.39, 0.29) is 6.23 Å². The van der Waals surface area contributed by atoms with Gasteiger partial charge >= 0.3 is 0 Å². The molecule has 54 valence electrons. The molecular formula is C7H15NO. The van der Waals surface area contributed by atoms with Crippen LogP contribution in [0, 0.1) is 5.92 Å². The topological polar surface area (TPSA) is 35.2 Å². The highest BCUT2D eigenvalue weighted by Crippen LogP contribution is 2.26. The standard InChI is InChI=1S/C7H15NO/c1-9-7(8)6-4-2-3-5-6/h6-7H,2-5,8H2,1H3. The third-order valence-electron chi connectivity index (χ3n) is 2.14. The summed E-state index contributed by atoms with van der Waals surface area (Å²) in [5.41, 5.74) is 5.66. The Balaban J connectivity index is 2.24. The van der Waals surface area contributed by atoms with Gasteiger partial charge in [-0.05, 0) is 18.8 Å². The molecular weight excluding hydrogens is 114 g/mol. The maximum absolute atomic E-state index is 5.66. The minimum atomic E-state index is -0.00694. The number of hydrogen-bond acceptors (Lipinski definition) is 2. The molecule has 0 saturated heterocycles. The van der Waals surface area contributed by atoms with Crippen LogP contribution in [0.1, 0.15) is 25.7 Å². The summed E-state index contributed by atoms with van der Waals surface area (Å²) in [6.45, 7) is 0. The third kappa shape index (κ3) is 1.66. The van der Waals surface area contributed by atoms with E-state index in [2.05, 4.69) is 0 Å². The van der Waals surface area contributed by atoms with E-state index < -0.39 is 0 Å². The second-order valence-electron chi connectivity index (χ2n) is 2.74. The molecule has 1 rings (SSSR count). The van der Waals surface area contributed by atoms with Gasteiger partial charge in [-0.3, -0.25) is 0 Å². The van der Waals surface area contributed by atoms with E-state index >= 15 is 0 Å². The van der Waals surface area contributed by atoms with E-state index in [1.807, 2.05) is 0 Å². The molecule has 1 aliphatic rings. The van der Waals surface area contributed by atoms with Crippen molar-refractivity contribution in [3.05, 3.63) is 0 Å². The van der Waals surface area contributed by atoms with E-state index in [0.29, 0.717) is 5.92 Å².